The first-order chi connectivity index (χ1) is 13.6. The monoisotopic (exact) mass is 424 g/mol. The summed E-state index contributed by atoms with van der Waals surface area (Å²) in [6, 6.07) is 7.23. The number of aromatic nitrogens is 1. The molecule has 29 heavy (non-hydrogen) atoms. The molecule has 3 fully saturated rings. The van der Waals surface area contributed by atoms with Crippen molar-refractivity contribution in [1.29, 1.82) is 0 Å². The standard InChI is InChI=1S/C21H20ClF3N2O2/c1-13-6-16(2-3-17(13)22)29-9-15(28)8-19-10-20(11-19,12-19)27-18-7-14(4-5-26-18)21(23,24)25/h2-7H,8-12H2,1H3,(H,26,27). The Hall–Kier alpha value is -2.28. The molecule has 1 aromatic heterocycles. The number of alkyl halides is 3. The molecule has 0 saturated heterocycles. The van der Waals surface area contributed by atoms with Gasteiger partial charge in [0.25, 0.3) is 0 Å². The summed E-state index contributed by atoms with van der Waals surface area (Å²) in [6.45, 7) is 1.86. The fourth-order valence-corrected chi connectivity index (χ4v) is 4.72. The van der Waals surface area contributed by atoms with E-state index in [0.29, 0.717) is 17.2 Å². The third-order valence-corrected chi connectivity index (χ3v) is 6.15. The summed E-state index contributed by atoms with van der Waals surface area (Å²) in [5.41, 5.74) is -0.148. The Morgan fingerprint density at radius 2 is 1.97 bits per heavy atom. The second kappa shape index (κ2) is 6.90. The van der Waals surface area contributed by atoms with Crippen molar-refractivity contribution in [3.8, 4) is 5.75 Å². The van der Waals surface area contributed by atoms with Gasteiger partial charge in [-0.25, -0.2) is 4.98 Å². The lowest BCUT2D eigenvalue weighted by atomic mass is 9.38. The van der Waals surface area contributed by atoms with E-state index in [1.54, 1.807) is 18.2 Å². The molecule has 0 unspecified atom stereocenters. The molecule has 0 atom stereocenters. The van der Waals surface area contributed by atoms with Crippen LogP contribution in [0.2, 0.25) is 5.02 Å². The van der Waals surface area contributed by atoms with E-state index in [1.165, 1.54) is 0 Å². The van der Waals surface area contributed by atoms with E-state index in [2.05, 4.69) is 10.3 Å². The van der Waals surface area contributed by atoms with Gasteiger partial charge < -0.3 is 10.1 Å². The van der Waals surface area contributed by atoms with Gasteiger partial charge >= 0.3 is 6.18 Å². The second-order valence-electron chi connectivity index (χ2n) is 8.28. The van der Waals surface area contributed by atoms with E-state index in [4.69, 9.17) is 16.3 Å². The van der Waals surface area contributed by atoms with Crippen LogP contribution >= 0.6 is 11.6 Å². The number of ketones is 1. The Morgan fingerprint density at radius 3 is 2.62 bits per heavy atom. The van der Waals surface area contributed by atoms with E-state index < -0.39 is 11.7 Å². The normalized spacial score (nSPS) is 25.0. The first kappa shape index (κ1) is 20.0. The summed E-state index contributed by atoms with van der Waals surface area (Å²) >= 11 is 5.98. The van der Waals surface area contributed by atoms with Crippen molar-refractivity contribution in [2.24, 2.45) is 5.41 Å². The summed E-state index contributed by atoms with van der Waals surface area (Å²) in [5.74, 6) is 0.843. The van der Waals surface area contributed by atoms with Crippen molar-refractivity contribution in [2.75, 3.05) is 11.9 Å². The van der Waals surface area contributed by atoms with E-state index in [9.17, 15) is 18.0 Å². The molecule has 154 valence electrons. The minimum absolute atomic E-state index is 0.00155. The van der Waals surface area contributed by atoms with E-state index >= 15 is 0 Å². The van der Waals surface area contributed by atoms with Gasteiger partial charge in [-0.1, -0.05) is 11.6 Å². The lowest BCUT2D eigenvalue weighted by Crippen LogP contribution is -2.71. The molecule has 3 aliphatic rings. The van der Waals surface area contributed by atoms with Gasteiger partial charge in [0, 0.05) is 23.2 Å². The maximum absolute atomic E-state index is 12.8. The highest BCUT2D eigenvalue weighted by atomic mass is 35.5. The minimum Gasteiger partial charge on any atom is -0.486 e. The average Bonchev–Trinajstić information content (AvgIpc) is 2.59. The molecule has 4 nitrogen and oxygen atoms in total. The van der Waals surface area contributed by atoms with Crippen LogP contribution < -0.4 is 10.1 Å². The van der Waals surface area contributed by atoms with Gasteiger partial charge in [-0.2, -0.15) is 13.2 Å². The number of nitrogens with one attached hydrogen (secondary N) is 1. The number of hydrogen-bond donors (Lipinski definition) is 1. The number of hydrogen-bond acceptors (Lipinski definition) is 4. The van der Waals surface area contributed by atoms with Crippen LogP contribution in [0.1, 0.15) is 36.8 Å². The quantitative estimate of drug-likeness (QED) is 0.643. The number of benzene rings is 1. The molecular weight excluding hydrogens is 405 g/mol. The molecule has 1 heterocycles. The summed E-state index contributed by atoms with van der Waals surface area (Å²) in [4.78, 5) is 16.3. The van der Waals surface area contributed by atoms with Crippen LogP contribution in [0.4, 0.5) is 19.0 Å². The van der Waals surface area contributed by atoms with Gasteiger partial charge in [-0.15, -0.1) is 0 Å². The number of aryl methyl sites for hydroxylation is 1. The number of ether oxygens (including phenoxy) is 1. The summed E-state index contributed by atoms with van der Waals surface area (Å²) in [7, 11) is 0. The van der Waals surface area contributed by atoms with Crippen LogP contribution in [-0.2, 0) is 11.0 Å². The summed E-state index contributed by atoms with van der Waals surface area (Å²) in [6.07, 6.45) is -0.559. The van der Waals surface area contributed by atoms with E-state index in [1.807, 2.05) is 6.92 Å². The van der Waals surface area contributed by atoms with Crippen LogP contribution in [-0.4, -0.2) is 22.9 Å². The predicted molar refractivity (Wildman–Crippen MR) is 103 cm³/mol. The first-order valence-corrected chi connectivity index (χ1v) is 9.68. The molecule has 5 rings (SSSR count). The van der Waals surface area contributed by atoms with Crippen LogP contribution in [0, 0.1) is 12.3 Å². The van der Waals surface area contributed by atoms with Crippen LogP contribution in [0.25, 0.3) is 0 Å². The molecule has 3 aliphatic carbocycles. The number of rotatable bonds is 7. The van der Waals surface area contributed by atoms with Gasteiger partial charge in [0.2, 0.25) is 0 Å². The van der Waals surface area contributed by atoms with Crippen molar-refractivity contribution in [1.82, 2.24) is 4.98 Å². The summed E-state index contributed by atoms with van der Waals surface area (Å²) in [5, 5.41) is 3.78. The molecule has 3 saturated carbocycles. The lowest BCUT2D eigenvalue weighted by Gasteiger charge is -2.71. The van der Waals surface area contributed by atoms with Crippen molar-refractivity contribution in [3.63, 3.8) is 0 Å². The van der Waals surface area contributed by atoms with Gasteiger partial charge in [-0.3, -0.25) is 4.79 Å². The number of nitrogens with zero attached hydrogens (tertiary/aromatic N) is 1. The Labute approximate surface area is 171 Å². The maximum atomic E-state index is 12.8. The van der Waals surface area contributed by atoms with Crippen LogP contribution in [0.3, 0.4) is 0 Å². The molecule has 8 heteroatoms. The van der Waals surface area contributed by atoms with Crippen LogP contribution in [0.5, 0.6) is 5.75 Å². The highest BCUT2D eigenvalue weighted by Gasteiger charge is 2.68. The molecule has 1 aromatic carbocycles. The Kier molecular flexibility index (Phi) is 4.76. The number of carbonyl (C=O) groups excluding carboxylic acids is 1. The van der Waals surface area contributed by atoms with Gasteiger partial charge in [-0.05, 0) is 67.5 Å². The van der Waals surface area contributed by atoms with Crippen molar-refractivity contribution in [2.45, 2.75) is 44.3 Å². The number of carbonyl (C=O) groups is 1. The highest BCUT2D eigenvalue weighted by Crippen LogP contribution is 2.70. The smallest absolute Gasteiger partial charge is 0.416 e. The molecule has 2 aromatic rings. The Morgan fingerprint density at radius 1 is 1.24 bits per heavy atom. The summed E-state index contributed by atoms with van der Waals surface area (Å²) < 4.78 is 44.1. The van der Waals surface area contributed by atoms with E-state index in [0.717, 1.165) is 43.2 Å². The highest BCUT2D eigenvalue weighted by molar-refractivity contribution is 6.31. The SMILES string of the molecule is Cc1cc(OCC(=O)CC23CC(Nc4cc(C(F)(F)F)ccn4)(C2)C3)ccc1Cl. The second-order valence-corrected chi connectivity index (χ2v) is 8.69. The minimum atomic E-state index is -4.39. The van der Waals surface area contributed by atoms with Crippen LogP contribution in [0.15, 0.2) is 36.5 Å². The van der Waals surface area contributed by atoms with Crippen molar-refractivity contribution >= 4 is 23.2 Å². The van der Waals surface area contributed by atoms with Crippen molar-refractivity contribution in [3.05, 3.63) is 52.7 Å². The molecule has 2 bridgehead atoms. The zero-order valence-electron chi connectivity index (χ0n) is 15.8. The Balaban J connectivity index is 1.27. The number of Topliss-reactive ketones (excluding diaryl/α,β-unsaturated/α-hetero) is 1. The molecular formula is C21H20ClF3N2O2. The molecule has 0 spiro atoms. The zero-order valence-corrected chi connectivity index (χ0v) is 16.5. The lowest BCUT2D eigenvalue weighted by molar-refractivity contribution is -0.147. The third kappa shape index (κ3) is 4.06. The van der Waals surface area contributed by atoms with Gasteiger partial charge in [0.1, 0.15) is 18.2 Å². The first-order valence-electron chi connectivity index (χ1n) is 9.30. The Bertz CT molecular complexity index is 941. The number of pyridine rings is 1. The molecule has 0 radical (unpaired) electrons. The zero-order chi connectivity index (χ0) is 20.9. The van der Waals surface area contributed by atoms with E-state index in [-0.39, 0.29) is 29.2 Å². The fourth-order valence-electron chi connectivity index (χ4n) is 4.61. The molecule has 0 amide bonds. The maximum Gasteiger partial charge on any atom is 0.416 e. The molecule has 0 aliphatic heterocycles. The fraction of sp³-hybridized carbons (Fsp3) is 0.429. The van der Waals surface area contributed by atoms with Gasteiger partial charge in [0.15, 0.2) is 5.78 Å². The largest absolute Gasteiger partial charge is 0.486 e. The number of halogens is 4. The molecule has 1 N–H and O–H groups in total. The number of anilines is 1. The van der Waals surface area contributed by atoms with Gasteiger partial charge in [0.05, 0.1) is 5.56 Å². The van der Waals surface area contributed by atoms with Crippen molar-refractivity contribution < 1.29 is 22.7 Å². The third-order valence-electron chi connectivity index (χ3n) is 5.72. The predicted octanol–water partition coefficient (Wildman–Crippen LogP) is 5.44. The topological polar surface area (TPSA) is 51.2 Å². The average molecular weight is 425 g/mol.